The van der Waals surface area contributed by atoms with Crippen LogP contribution in [0.3, 0.4) is 0 Å². The summed E-state index contributed by atoms with van der Waals surface area (Å²) in [6.07, 6.45) is 5.19. The first-order chi connectivity index (χ1) is 20.4. The van der Waals surface area contributed by atoms with Gasteiger partial charge in [-0.3, -0.25) is 14.5 Å². The van der Waals surface area contributed by atoms with Gasteiger partial charge in [0.05, 0.1) is 35.7 Å². The van der Waals surface area contributed by atoms with E-state index in [1.165, 1.54) is 6.26 Å². The summed E-state index contributed by atoms with van der Waals surface area (Å²) in [4.78, 5) is 24.6. The van der Waals surface area contributed by atoms with Crippen LogP contribution in [0.15, 0.2) is 41.1 Å². The quantitative estimate of drug-likeness (QED) is 0.213. The normalized spacial score (nSPS) is 14.9. The topological polar surface area (TPSA) is 108 Å². The minimum Gasteiger partial charge on any atom is -0.444 e. The molecule has 10 nitrogen and oxygen atoms in total. The molecule has 1 fully saturated rings. The van der Waals surface area contributed by atoms with Crippen LogP contribution in [-0.2, 0) is 15.7 Å². The van der Waals surface area contributed by atoms with Gasteiger partial charge in [0, 0.05) is 49.1 Å². The molecular weight excluding hydrogens is 560 g/mol. The van der Waals surface area contributed by atoms with Gasteiger partial charge in [-0.25, -0.2) is 4.98 Å². The van der Waals surface area contributed by atoms with E-state index >= 15 is 0 Å². The monoisotopic (exact) mass is 604 g/mol. The molecule has 0 unspecified atom stereocenters. The van der Waals surface area contributed by atoms with Gasteiger partial charge in [0.15, 0.2) is 14.0 Å². The molecule has 11 heteroatoms. The Morgan fingerprint density at radius 3 is 2.58 bits per heavy atom. The number of pyridine rings is 1. The van der Waals surface area contributed by atoms with E-state index in [-0.39, 0.29) is 22.7 Å². The first kappa shape index (κ1) is 30.9. The number of aromatic nitrogens is 4. The number of rotatable bonds is 9. The van der Waals surface area contributed by atoms with Crippen LogP contribution >= 0.6 is 0 Å². The van der Waals surface area contributed by atoms with Crippen molar-refractivity contribution < 1.29 is 18.4 Å². The predicted molar refractivity (Wildman–Crippen MR) is 172 cm³/mol. The average molecular weight is 605 g/mol. The second-order valence-corrected chi connectivity index (χ2v) is 17.7. The number of carbonyl (C=O) groups is 1. The number of ether oxygens (including phenoxy) is 1. The lowest BCUT2D eigenvalue weighted by Crippen LogP contribution is -2.47. The number of aryl methyl sites for hydroxylation is 2. The molecule has 0 bridgehead atoms. The standard InChI is InChI=1S/C32H44N6O4Si/c1-21-17-23(9-12-33-21)31-35-27(20-41-31)30(39)34-26-18-25-22(2)36-38(15-16-40-6)28(25)19-29(26)37-13-10-24(11-14-37)42-43(7,8)32(3,4)5/h9,12,17-20,24H,10-11,13-16H2,1-8H3,(H,34,39). The third kappa shape index (κ3) is 6.68. The maximum absolute atomic E-state index is 13.5. The Hall–Kier alpha value is -3.54. The number of nitrogens with one attached hydrogen (secondary N) is 1. The van der Waals surface area contributed by atoms with Gasteiger partial charge in [0.25, 0.3) is 5.91 Å². The number of carbonyl (C=O) groups excluding carboxylic acids is 1. The van der Waals surface area contributed by atoms with Crippen molar-refractivity contribution in [2.75, 3.05) is 37.0 Å². The molecule has 1 amide bonds. The first-order valence-corrected chi connectivity index (χ1v) is 17.9. The number of hydrogen-bond acceptors (Lipinski definition) is 8. The molecule has 0 spiro atoms. The Bertz CT molecular complexity index is 1600. The number of methoxy groups -OCH3 is 1. The molecule has 4 aromatic rings. The Balaban J connectivity index is 1.43. The van der Waals surface area contributed by atoms with Crippen LogP contribution in [0, 0.1) is 13.8 Å². The molecule has 0 aliphatic carbocycles. The maximum atomic E-state index is 13.5. The summed E-state index contributed by atoms with van der Waals surface area (Å²) < 4.78 is 19.7. The highest BCUT2D eigenvalue weighted by atomic mass is 28.4. The number of benzene rings is 1. The van der Waals surface area contributed by atoms with Crippen molar-refractivity contribution in [1.82, 2.24) is 19.7 Å². The number of anilines is 2. The molecule has 4 heterocycles. The van der Waals surface area contributed by atoms with Gasteiger partial charge >= 0.3 is 0 Å². The van der Waals surface area contributed by atoms with E-state index in [1.54, 1.807) is 13.3 Å². The van der Waals surface area contributed by atoms with Crippen molar-refractivity contribution >= 4 is 36.5 Å². The Morgan fingerprint density at radius 2 is 1.91 bits per heavy atom. The van der Waals surface area contributed by atoms with Gasteiger partial charge in [0.1, 0.15) is 6.26 Å². The summed E-state index contributed by atoms with van der Waals surface area (Å²) in [6, 6.07) is 7.86. The summed E-state index contributed by atoms with van der Waals surface area (Å²) in [5, 5.41) is 9.06. The fraction of sp³-hybridized carbons (Fsp3) is 0.500. The summed E-state index contributed by atoms with van der Waals surface area (Å²) in [5.41, 5.74) is 5.42. The van der Waals surface area contributed by atoms with E-state index in [2.05, 4.69) is 60.1 Å². The van der Waals surface area contributed by atoms with E-state index in [1.807, 2.05) is 36.7 Å². The van der Waals surface area contributed by atoms with Crippen molar-refractivity contribution in [3.8, 4) is 11.5 Å². The van der Waals surface area contributed by atoms with Crippen molar-refractivity contribution in [3.63, 3.8) is 0 Å². The average Bonchev–Trinajstić information content (AvgIpc) is 3.56. The van der Waals surface area contributed by atoms with E-state index in [4.69, 9.17) is 18.7 Å². The van der Waals surface area contributed by atoms with Crippen LogP contribution in [0.25, 0.3) is 22.4 Å². The van der Waals surface area contributed by atoms with E-state index < -0.39 is 8.32 Å². The summed E-state index contributed by atoms with van der Waals surface area (Å²) >= 11 is 0. The predicted octanol–water partition coefficient (Wildman–Crippen LogP) is 6.59. The molecule has 0 radical (unpaired) electrons. The van der Waals surface area contributed by atoms with Crippen molar-refractivity contribution in [3.05, 3.63) is 53.8 Å². The molecule has 1 aliphatic rings. The number of hydrogen-bond donors (Lipinski definition) is 1. The molecule has 1 saturated heterocycles. The third-order valence-corrected chi connectivity index (χ3v) is 13.3. The highest BCUT2D eigenvalue weighted by molar-refractivity contribution is 6.74. The number of piperidine rings is 1. The lowest BCUT2D eigenvalue weighted by molar-refractivity contribution is 0.102. The van der Waals surface area contributed by atoms with E-state index in [0.717, 1.165) is 65.2 Å². The van der Waals surface area contributed by atoms with Crippen LogP contribution in [0.1, 0.15) is 55.5 Å². The number of nitrogens with zero attached hydrogens (tertiary/aromatic N) is 5. The Morgan fingerprint density at radius 1 is 1.16 bits per heavy atom. The number of fused-ring (bicyclic) bond motifs is 1. The zero-order valence-corrected chi connectivity index (χ0v) is 27.7. The first-order valence-electron chi connectivity index (χ1n) is 15.0. The maximum Gasteiger partial charge on any atom is 0.277 e. The molecule has 5 rings (SSSR count). The summed E-state index contributed by atoms with van der Waals surface area (Å²) in [6.45, 7) is 18.2. The van der Waals surface area contributed by atoms with Crippen LogP contribution in [0.5, 0.6) is 0 Å². The fourth-order valence-corrected chi connectivity index (χ4v) is 6.69. The fourth-order valence-electron chi connectivity index (χ4n) is 5.26. The largest absolute Gasteiger partial charge is 0.444 e. The lowest BCUT2D eigenvalue weighted by atomic mass is 10.1. The second-order valence-electron chi connectivity index (χ2n) is 12.9. The summed E-state index contributed by atoms with van der Waals surface area (Å²) in [7, 11) is -0.168. The molecular formula is C32H44N6O4Si. The lowest BCUT2D eigenvalue weighted by Gasteiger charge is -2.42. The van der Waals surface area contributed by atoms with Crippen molar-refractivity contribution in [2.24, 2.45) is 0 Å². The molecule has 43 heavy (non-hydrogen) atoms. The van der Waals surface area contributed by atoms with Gasteiger partial charge in [-0.1, -0.05) is 20.8 Å². The minimum absolute atomic E-state index is 0.169. The van der Waals surface area contributed by atoms with E-state index in [9.17, 15) is 4.79 Å². The molecule has 0 saturated carbocycles. The minimum atomic E-state index is -1.86. The van der Waals surface area contributed by atoms with Gasteiger partial charge in [-0.05, 0) is 69.1 Å². The molecule has 1 N–H and O–H groups in total. The zero-order valence-electron chi connectivity index (χ0n) is 26.7. The van der Waals surface area contributed by atoms with E-state index in [0.29, 0.717) is 19.0 Å². The molecule has 230 valence electrons. The highest BCUT2D eigenvalue weighted by Gasteiger charge is 2.40. The summed E-state index contributed by atoms with van der Waals surface area (Å²) in [5.74, 6) is 0.0485. The number of amides is 1. The third-order valence-electron chi connectivity index (χ3n) is 8.74. The molecule has 3 aromatic heterocycles. The smallest absolute Gasteiger partial charge is 0.277 e. The Kier molecular flexibility index (Phi) is 8.78. The highest BCUT2D eigenvalue weighted by Crippen LogP contribution is 2.40. The van der Waals surface area contributed by atoms with Gasteiger partial charge in [-0.2, -0.15) is 5.10 Å². The second kappa shape index (κ2) is 12.2. The SMILES string of the molecule is COCCn1nc(C)c2cc(NC(=O)c3coc(-c4ccnc(C)c4)n3)c(N3CCC(O[Si](C)(C)C(C)(C)C)CC3)cc21. The van der Waals surface area contributed by atoms with Gasteiger partial charge in [0.2, 0.25) is 5.89 Å². The number of oxazole rings is 1. The Labute approximate surface area is 254 Å². The van der Waals surface area contributed by atoms with Crippen LogP contribution < -0.4 is 10.2 Å². The molecule has 1 aromatic carbocycles. The zero-order chi connectivity index (χ0) is 30.9. The molecule has 1 aliphatic heterocycles. The van der Waals surface area contributed by atoms with Crippen LogP contribution in [-0.4, -0.2) is 66.9 Å². The van der Waals surface area contributed by atoms with Crippen molar-refractivity contribution in [2.45, 2.75) is 78.2 Å². The molecule has 0 atom stereocenters. The van der Waals surface area contributed by atoms with Crippen LogP contribution in [0.4, 0.5) is 11.4 Å². The van der Waals surface area contributed by atoms with Gasteiger partial charge in [-0.15, -0.1) is 0 Å². The van der Waals surface area contributed by atoms with Crippen LogP contribution in [0.2, 0.25) is 18.1 Å². The van der Waals surface area contributed by atoms with Gasteiger partial charge < -0.3 is 23.8 Å². The van der Waals surface area contributed by atoms with Crippen molar-refractivity contribution in [1.29, 1.82) is 0 Å².